The van der Waals surface area contributed by atoms with Crippen LogP contribution in [-0.2, 0) is 6.42 Å². The highest BCUT2D eigenvalue weighted by Gasteiger charge is 2.26. The number of thiazole rings is 1. The molecule has 0 aromatic carbocycles. The van der Waals surface area contributed by atoms with Gasteiger partial charge in [0.2, 0.25) is 0 Å². The van der Waals surface area contributed by atoms with Crippen molar-refractivity contribution in [3.8, 4) is 0 Å². The summed E-state index contributed by atoms with van der Waals surface area (Å²) in [6, 6.07) is 0.619. The lowest BCUT2D eigenvalue weighted by molar-refractivity contribution is 0.0976. The maximum Gasteiger partial charge on any atom is 0.186 e. The maximum absolute atomic E-state index is 11.9. The Morgan fingerprint density at radius 3 is 2.53 bits per heavy atom. The number of piperazine rings is 1. The molecule has 1 aromatic heterocycles. The second-order valence-corrected chi connectivity index (χ2v) is 6.64. The number of aromatic nitrogens is 1. The number of carbonyl (C=O) groups is 1. The molecule has 4 nitrogen and oxygen atoms in total. The van der Waals surface area contributed by atoms with Gasteiger partial charge in [0, 0.05) is 38.6 Å². The van der Waals surface area contributed by atoms with E-state index in [2.05, 4.69) is 23.6 Å². The third-order valence-corrected chi connectivity index (χ3v) is 5.27. The molecule has 0 radical (unpaired) electrons. The van der Waals surface area contributed by atoms with Crippen molar-refractivity contribution < 1.29 is 4.79 Å². The molecule has 0 bridgehead atoms. The van der Waals surface area contributed by atoms with E-state index in [9.17, 15) is 4.79 Å². The molecular formula is C14H21N3OS. The molecule has 5 heteroatoms. The molecule has 2 heterocycles. The maximum atomic E-state index is 11.9. The Morgan fingerprint density at radius 1 is 1.16 bits per heavy atom. The van der Waals surface area contributed by atoms with Gasteiger partial charge in [0.25, 0.3) is 0 Å². The van der Waals surface area contributed by atoms with Gasteiger partial charge >= 0.3 is 0 Å². The van der Waals surface area contributed by atoms with E-state index in [0.717, 1.165) is 54.7 Å². The lowest BCUT2D eigenvalue weighted by Gasteiger charge is -2.36. The number of rotatable bonds is 2. The number of carbonyl (C=O) groups excluding carboxylic acids is 1. The molecule has 0 unspecified atom stereocenters. The van der Waals surface area contributed by atoms with Crippen LogP contribution in [0.1, 0.15) is 42.1 Å². The first kappa shape index (κ1) is 13.1. The topological polar surface area (TPSA) is 36.4 Å². The summed E-state index contributed by atoms with van der Waals surface area (Å²) in [6.45, 7) is 8.73. The fourth-order valence-electron chi connectivity index (χ4n) is 2.82. The van der Waals surface area contributed by atoms with Gasteiger partial charge in [-0.2, -0.15) is 0 Å². The number of hydrogen-bond acceptors (Lipinski definition) is 5. The molecule has 1 aliphatic carbocycles. The van der Waals surface area contributed by atoms with E-state index in [-0.39, 0.29) is 0 Å². The molecular weight excluding hydrogens is 258 g/mol. The molecule has 0 N–H and O–H groups in total. The minimum Gasteiger partial charge on any atom is -0.346 e. The summed E-state index contributed by atoms with van der Waals surface area (Å²) >= 11 is 1.61. The van der Waals surface area contributed by atoms with Crippen molar-refractivity contribution in [2.24, 2.45) is 0 Å². The van der Waals surface area contributed by atoms with Crippen molar-refractivity contribution >= 4 is 22.3 Å². The van der Waals surface area contributed by atoms with Gasteiger partial charge in [-0.25, -0.2) is 4.98 Å². The summed E-state index contributed by atoms with van der Waals surface area (Å²) in [7, 11) is 0. The quantitative estimate of drug-likeness (QED) is 0.831. The Balaban J connectivity index is 1.72. The first-order chi connectivity index (χ1) is 9.15. The third kappa shape index (κ3) is 2.54. The summed E-state index contributed by atoms with van der Waals surface area (Å²) in [5.41, 5.74) is 1.04. The molecule has 19 heavy (non-hydrogen) atoms. The molecule has 1 aliphatic heterocycles. The number of Topliss-reactive ketones (excluding diaryl/α,β-unsaturated/α-hetero) is 1. The molecule has 1 saturated heterocycles. The van der Waals surface area contributed by atoms with Crippen LogP contribution >= 0.6 is 11.3 Å². The van der Waals surface area contributed by atoms with Crippen LogP contribution in [0.25, 0.3) is 0 Å². The predicted molar refractivity (Wildman–Crippen MR) is 78.3 cm³/mol. The van der Waals surface area contributed by atoms with Crippen LogP contribution in [0.15, 0.2) is 0 Å². The van der Waals surface area contributed by atoms with Gasteiger partial charge in [0.15, 0.2) is 10.9 Å². The predicted octanol–water partition coefficient (Wildman–Crippen LogP) is 2.19. The summed E-state index contributed by atoms with van der Waals surface area (Å²) in [5, 5.41) is 1.06. The number of aryl methyl sites for hydroxylation is 1. The monoisotopic (exact) mass is 279 g/mol. The SMILES string of the molecule is CC(C)N1CCN(c2nc3c(s2)C(=O)CCC3)CC1. The smallest absolute Gasteiger partial charge is 0.186 e. The zero-order chi connectivity index (χ0) is 13.4. The highest BCUT2D eigenvalue weighted by atomic mass is 32.1. The van der Waals surface area contributed by atoms with E-state index in [1.165, 1.54) is 0 Å². The van der Waals surface area contributed by atoms with Crippen LogP contribution in [0.3, 0.4) is 0 Å². The number of anilines is 1. The Bertz CT molecular complexity index is 475. The zero-order valence-electron chi connectivity index (χ0n) is 11.7. The van der Waals surface area contributed by atoms with Crippen molar-refractivity contribution in [2.45, 2.75) is 39.2 Å². The molecule has 3 rings (SSSR count). The second kappa shape index (κ2) is 5.21. The van der Waals surface area contributed by atoms with E-state index >= 15 is 0 Å². The van der Waals surface area contributed by atoms with E-state index in [1.54, 1.807) is 11.3 Å². The molecule has 0 spiro atoms. The molecule has 104 valence electrons. The Hall–Kier alpha value is -0.940. The fraction of sp³-hybridized carbons (Fsp3) is 0.714. The molecule has 0 atom stereocenters. The third-order valence-electron chi connectivity index (χ3n) is 4.07. The minimum absolute atomic E-state index is 0.297. The van der Waals surface area contributed by atoms with Gasteiger partial charge < -0.3 is 4.90 Å². The van der Waals surface area contributed by atoms with Crippen molar-refractivity contribution in [3.05, 3.63) is 10.6 Å². The van der Waals surface area contributed by atoms with Crippen LogP contribution in [0, 0.1) is 0 Å². The van der Waals surface area contributed by atoms with Crippen molar-refractivity contribution in [2.75, 3.05) is 31.1 Å². The molecule has 1 fully saturated rings. The van der Waals surface area contributed by atoms with Gasteiger partial charge in [0.1, 0.15) is 0 Å². The van der Waals surface area contributed by atoms with Gasteiger partial charge in [-0.1, -0.05) is 11.3 Å². The first-order valence-electron chi connectivity index (χ1n) is 7.17. The van der Waals surface area contributed by atoms with Crippen molar-refractivity contribution in [1.29, 1.82) is 0 Å². The molecule has 0 saturated carbocycles. The van der Waals surface area contributed by atoms with E-state index < -0.39 is 0 Å². The van der Waals surface area contributed by atoms with Gasteiger partial charge in [0.05, 0.1) is 10.6 Å². The van der Waals surface area contributed by atoms with Crippen LogP contribution in [0.5, 0.6) is 0 Å². The average molecular weight is 279 g/mol. The Labute approximate surface area is 118 Å². The summed E-state index contributed by atoms with van der Waals surface area (Å²) in [5.74, 6) is 0.297. The molecule has 2 aliphatic rings. The van der Waals surface area contributed by atoms with E-state index in [4.69, 9.17) is 4.98 Å². The van der Waals surface area contributed by atoms with Gasteiger partial charge in [-0.15, -0.1) is 0 Å². The highest BCUT2D eigenvalue weighted by Crippen LogP contribution is 2.32. The van der Waals surface area contributed by atoms with Crippen molar-refractivity contribution in [1.82, 2.24) is 9.88 Å². The Kier molecular flexibility index (Phi) is 3.58. The normalized spacial score (nSPS) is 21.0. The average Bonchev–Trinajstić information content (AvgIpc) is 2.84. The molecule has 0 amide bonds. The second-order valence-electron chi connectivity index (χ2n) is 5.67. The summed E-state index contributed by atoms with van der Waals surface area (Å²) in [6.07, 6.45) is 2.65. The number of nitrogens with zero attached hydrogens (tertiary/aromatic N) is 3. The number of fused-ring (bicyclic) bond motifs is 1. The minimum atomic E-state index is 0.297. The highest BCUT2D eigenvalue weighted by molar-refractivity contribution is 7.17. The summed E-state index contributed by atoms with van der Waals surface area (Å²) < 4.78 is 0. The van der Waals surface area contributed by atoms with Gasteiger partial charge in [-0.05, 0) is 26.7 Å². The fourth-order valence-corrected chi connectivity index (χ4v) is 3.95. The van der Waals surface area contributed by atoms with Gasteiger partial charge in [-0.3, -0.25) is 9.69 Å². The van der Waals surface area contributed by atoms with Crippen LogP contribution in [0.2, 0.25) is 0 Å². The lowest BCUT2D eigenvalue weighted by atomic mass is 10.0. The number of hydrogen-bond donors (Lipinski definition) is 0. The standard InChI is InChI=1S/C14H21N3OS/c1-10(2)16-6-8-17(9-7-16)14-15-11-4-3-5-12(18)13(11)19-14/h10H,3-9H2,1-2H3. The van der Waals surface area contributed by atoms with Crippen molar-refractivity contribution in [3.63, 3.8) is 0 Å². The van der Waals surface area contributed by atoms with E-state index in [1.807, 2.05) is 0 Å². The van der Waals surface area contributed by atoms with Crippen LogP contribution in [-0.4, -0.2) is 47.9 Å². The van der Waals surface area contributed by atoms with E-state index in [0.29, 0.717) is 18.2 Å². The zero-order valence-corrected chi connectivity index (χ0v) is 12.5. The lowest BCUT2D eigenvalue weighted by Crippen LogP contribution is -2.48. The van der Waals surface area contributed by atoms with Crippen LogP contribution in [0.4, 0.5) is 5.13 Å². The molecule has 1 aromatic rings. The first-order valence-corrected chi connectivity index (χ1v) is 7.98. The largest absolute Gasteiger partial charge is 0.346 e. The summed E-state index contributed by atoms with van der Waals surface area (Å²) in [4.78, 5) is 22.3. The number of ketones is 1. The van der Waals surface area contributed by atoms with Crippen LogP contribution < -0.4 is 4.90 Å². The Morgan fingerprint density at radius 2 is 1.89 bits per heavy atom.